The number of carbonyl (C=O) groups is 4. The maximum atomic E-state index is 13.6. The first kappa shape index (κ1) is 38.4. The number of benzene rings is 2. The zero-order valence-electron chi connectivity index (χ0n) is 30.8. The second-order valence-electron chi connectivity index (χ2n) is 15.3. The number of piperidine rings is 2. The van der Waals surface area contributed by atoms with Crippen LogP contribution in [-0.4, -0.2) is 97.0 Å². The van der Waals surface area contributed by atoms with Crippen LogP contribution in [0.1, 0.15) is 106 Å². The number of Topliss-reactive ketones (excluding diaryl/α,β-unsaturated/α-hetero) is 2. The quantitative estimate of drug-likeness (QED) is 0.0623. The van der Waals surface area contributed by atoms with Gasteiger partial charge in [0, 0.05) is 11.1 Å². The fourth-order valence-corrected chi connectivity index (χ4v) is 8.04. The number of likely N-dealkylation sites (tertiary alicyclic amines) is 2. The van der Waals surface area contributed by atoms with E-state index >= 15 is 0 Å². The zero-order chi connectivity index (χ0) is 35.6. The molecule has 8 heteroatoms. The zero-order valence-corrected chi connectivity index (χ0v) is 30.8. The Bertz CT molecular complexity index is 1270. The van der Waals surface area contributed by atoms with Gasteiger partial charge in [-0.25, -0.2) is 0 Å². The van der Waals surface area contributed by atoms with E-state index in [-0.39, 0.29) is 24.8 Å². The average Bonchev–Trinajstić information content (AvgIpc) is 3.10. The third-order valence-electron chi connectivity index (χ3n) is 12.3. The third kappa shape index (κ3) is 9.46. The molecular weight excluding hydrogens is 616 g/mol. The van der Waals surface area contributed by atoms with Crippen molar-refractivity contribution in [3.8, 4) is 0 Å². The van der Waals surface area contributed by atoms with Gasteiger partial charge in [-0.2, -0.15) is 0 Å². The van der Waals surface area contributed by atoms with Crippen LogP contribution in [0, 0.1) is 11.8 Å². The van der Waals surface area contributed by atoms with E-state index in [9.17, 15) is 19.2 Å². The number of carbonyl (C=O) groups excluding carboxylic acids is 4. The van der Waals surface area contributed by atoms with Crippen molar-refractivity contribution in [2.45, 2.75) is 110 Å². The summed E-state index contributed by atoms with van der Waals surface area (Å²) in [6.07, 6.45) is 8.47. The van der Waals surface area contributed by atoms with Crippen molar-refractivity contribution in [3.05, 3.63) is 71.8 Å². The number of quaternary nitrogens is 2. The second kappa shape index (κ2) is 17.5. The standard InChI is InChI=1S/C41H60N2O6/c1-30-18-16-19-31(2)42(30,5)28-36(38(44)34-22-10-7-11-23-34)40(46)48-26-14-9-15-27-49-41(47)37(39(45)35-24-12-8-13-25-35)29-43(6)32(3)20-17-21-33(43)4/h7-8,10-13,22-25,30-33,36-37H,9,14-21,26-29H2,1-6H3/q+2. The minimum absolute atomic E-state index is 0.189. The number of esters is 2. The highest BCUT2D eigenvalue weighted by Crippen LogP contribution is 2.33. The Morgan fingerprint density at radius 2 is 0.898 bits per heavy atom. The van der Waals surface area contributed by atoms with Crippen LogP contribution in [0.3, 0.4) is 0 Å². The number of nitrogens with zero attached hydrogens (tertiary/aromatic N) is 2. The third-order valence-corrected chi connectivity index (χ3v) is 12.3. The van der Waals surface area contributed by atoms with Gasteiger partial charge in [0.25, 0.3) is 0 Å². The Kier molecular flexibility index (Phi) is 13.8. The fraction of sp³-hybridized carbons (Fsp3) is 0.610. The molecule has 6 unspecified atom stereocenters. The predicted octanol–water partition coefficient (Wildman–Crippen LogP) is 7.06. The number of unbranched alkanes of at least 4 members (excludes halogenated alkanes) is 2. The van der Waals surface area contributed by atoms with E-state index in [1.165, 1.54) is 0 Å². The fourth-order valence-electron chi connectivity index (χ4n) is 8.04. The van der Waals surface area contributed by atoms with E-state index in [0.717, 1.165) is 38.5 Å². The van der Waals surface area contributed by atoms with Crippen LogP contribution >= 0.6 is 0 Å². The van der Waals surface area contributed by atoms with Gasteiger partial charge in [0.2, 0.25) is 0 Å². The van der Waals surface area contributed by atoms with Gasteiger partial charge in [-0.1, -0.05) is 60.7 Å². The first-order valence-electron chi connectivity index (χ1n) is 18.6. The summed E-state index contributed by atoms with van der Waals surface area (Å²) in [5.74, 6) is -3.05. The van der Waals surface area contributed by atoms with Crippen LogP contribution in [0.15, 0.2) is 60.7 Å². The molecule has 0 aliphatic carbocycles. The van der Waals surface area contributed by atoms with Crippen molar-refractivity contribution in [2.24, 2.45) is 11.8 Å². The van der Waals surface area contributed by atoms with E-state index in [4.69, 9.17) is 9.47 Å². The van der Waals surface area contributed by atoms with E-state index in [0.29, 0.717) is 76.6 Å². The van der Waals surface area contributed by atoms with Crippen LogP contribution in [0.2, 0.25) is 0 Å². The number of ketones is 2. The molecule has 49 heavy (non-hydrogen) atoms. The smallest absolute Gasteiger partial charge is 0.322 e. The van der Waals surface area contributed by atoms with Crippen molar-refractivity contribution in [1.29, 1.82) is 0 Å². The molecule has 8 nitrogen and oxygen atoms in total. The predicted molar refractivity (Wildman–Crippen MR) is 192 cm³/mol. The van der Waals surface area contributed by atoms with Crippen molar-refractivity contribution >= 4 is 23.5 Å². The Hall–Kier alpha value is -3.36. The molecule has 2 aromatic carbocycles. The molecular formula is C41H60N2O6+2. The maximum Gasteiger partial charge on any atom is 0.322 e. The first-order chi connectivity index (χ1) is 23.4. The summed E-state index contributed by atoms with van der Waals surface area (Å²) in [5.41, 5.74) is 1.05. The summed E-state index contributed by atoms with van der Waals surface area (Å²) in [5, 5.41) is 0. The minimum Gasteiger partial charge on any atom is -0.465 e. The van der Waals surface area contributed by atoms with Gasteiger partial charge in [0.05, 0.1) is 64.6 Å². The van der Waals surface area contributed by atoms with E-state index < -0.39 is 23.8 Å². The lowest BCUT2D eigenvalue weighted by atomic mass is 9.89. The van der Waals surface area contributed by atoms with Gasteiger partial charge in [-0.15, -0.1) is 0 Å². The summed E-state index contributed by atoms with van der Waals surface area (Å²) in [7, 11) is 4.34. The Balaban J connectivity index is 1.31. The van der Waals surface area contributed by atoms with Crippen LogP contribution < -0.4 is 0 Å². The molecule has 2 saturated heterocycles. The van der Waals surface area contributed by atoms with Gasteiger partial charge in [-0.05, 0) is 85.5 Å². The molecule has 2 fully saturated rings. The van der Waals surface area contributed by atoms with Gasteiger partial charge >= 0.3 is 11.9 Å². The monoisotopic (exact) mass is 676 g/mol. The van der Waals surface area contributed by atoms with Crippen molar-refractivity contribution in [3.63, 3.8) is 0 Å². The van der Waals surface area contributed by atoms with Crippen molar-refractivity contribution < 1.29 is 37.6 Å². The molecule has 0 aromatic heterocycles. The Morgan fingerprint density at radius 3 is 1.22 bits per heavy atom. The normalized spacial score (nSPS) is 28.2. The lowest BCUT2D eigenvalue weighted by Gasteiger charge is -2.49. The molecule has 2 heterocycles. The number of ether oxygens (including phenoxy) is 2. The molecule has 4 rings (SSSR count). The van der Waals surface area contributed by atoms with Gasteiger partial charge in [0.15, 0.2) is 23.4 Å². The summed E-state index contributed by atoms with van der Waals surface area (Å²) in [6.45, 7) is 10.1. The summed E-state index contributed by atoms with van der Waals surface area (Å²) < 4.78 is 12.8. The summed E-state index contributed by atoms with van der Waals surface area (Å²) in [4.78, 5) is 54.3. The molecule has 0 amide bonds. The number of hydrogen-bond donors (Lipinski definition) is 0. The van der Waals surface area contributed by atoms with Crippen molar-refractivity contribution in [2.75, 3.05) is 40.4 Å². The lowest BCUT2D eigenvalue weighted by molar-refractivity contribution is -0.959. The molecule has 0 radical (unpaired) electrons. The summed E-state index contributed by atoms with van der Waals surface area (Å²) in [6, 6.07) is 19.5. The molecule has 268 valence electrons. The molecule has 6 atom stereocenters. The van der Waals surface area contributed by atoms with Gasteiger partial charge in [0.1, 0.15) is 0 Å². The maximum absolute atomic E-state index is 13.6. The van der Waals surface area contributed by atoms with Crippen LogP contribution in [0.25, 0.3) is 0 Å². The Labute approximate surface area is 294 Å². The topological polar surface area (TPSA) is 86.7 Å². The van der Waals surface area contributed by atoms with Crippen LogP contribution in [-0.2, 0) is 19.1 Å². The first-order valence-corrected chi connectivity index (χ1v) is 18.6. The highest BCUT2D eigenvalue weighted by atomic mass is 16.5. The summed E-state index contributed by atoms with van der Waals surface area (Å²) >= 11 is 0. The highest BCUT2D eigenvalue weighted by Gasteiger charge is 2.46. The van der Waals surface area contributed by atoms with Gasteiger partial charge < -0.3 is 18.4 Å². The SMILES string of the molecule is CC1CCCC(C)[N+]1(C)CC(C(=O)OCCCCCOC(=O)C(C[N+]1(C)C(C)CCCC1C)C(=O)c1ccccc1)C(=O)c1ccccc1. The van der Waals surface area contributed by atoms with E-state index in [1.807, 2.05) is 36.4 Å². The molecule has 2 aliphatic heterocycles. The van der Waals surface area contributed by atoms with Crippen molar-refractivity contribution in [1.82, 2.24) is 0 Å². The average molecular weight is 677 g/mol. The largest absolute Gasteiger partial charge is 0.465 e. The van der Waals surface area contributed by atoms with Crippen LogP contribution in [0.4, 0.5) is 0 Å². The molecule has 0 saturated carbocycles. The molecule has 0 N–H and O–H groups in total. The highest BCUT2D eigenvalue weighted by molar-refractivity contribution is 6.09. The minimum atomic E-state index is -0.870. The van der Waals surface area contributed by atoms with E-state index in [1.54, 1.807) is 24.3 Å². The molecule has 0 spiro atoms. The second-order valence-corrected chi connectivity index (χ2v) is 15.3. The van der Waals surface area contributed by atoms with Crippen LogP contribution in [0.5, 0.6) is 0 Å². The molecule has 0 bridgehead atoms. The van der Waals surface area contributed by atoms with Gasteiger partial charge in [-0.3, -0.25) is 19.2 Å². The van der Waals surface area contributed by atoms with E-state index in [2.05, 4.69) is 41.8 Å². The Morgan fingerprint density at radius 1 is 0.571 bits per heavy atom. The lowest BCUT2D eigenvalue weighted by Crippen LogP contribution is -2.62. The number of hydrogen-bond acceptors (Lipinski definition) is 6. The number of rotatable bonds is 16. The molecule has 2 aromatic rings. The molecule has 2 aliphatic rings.